The summed E-state index contributed by atoms with van der Waals surface area (Å²) in [5, 5.41) is 9.62. The smallest absolute Gasteiger partial charge is 0.362 e. The Hall–Kier alpha value is -2.97. The van der Waals surface area contributed by atoms with Crippen LogP contribution in [0.4, 0.5) is 0 Å². The summed E-state index contributed by atoms with van der Waals surface area (Å²) in [6.07, 6.45) is 49.9. The summed E-state index contributed by atoms with van der Waals surface area (Å²) in [4.78, 5) is 37.0. The largest absolute Gasteiger partial charge is 0.477 e. The number of unbranched alkanes of at least 4 members (excludes halogenated alkanes) is 20. The fraction of sp³-hybridized carbons (Fsp3) is 0.740. The third-order valence-electron chi connectivity index (χ3n) is 10.2. The van der Waals surface area contributed by atoms with Crippen molar-refractivity contribution < 1.29 is 38.2 Å². The molecule has 0 bridgehead atoms. The van der Waals surface area contributed by atoms with E-state index in [0.717, 1.165) is 51.4 Å². The van der Waals surface area contributed by atoms with Crippen molar-refractivity contribution in [1.82, 2.24) is 0 Å². The van der Waals surface area contributed by atoms with Crippen LogP contribution in [-0.2, 0) is 28.6 Å². The van der Waals surface area contributed by atoms with Crippen molar-refractivity contribution in [3.8, 4) is 0 Å². The van der Waals surface area contributed by atoms with Gasteiger partial charge in [0.05, 0.1) is 34.4 Å². The van der Waals surface area contributed by atoms with Gasteiger partial charge in [0, 0.05) is 19.3 Å². The van der Waals surface area contributed by atoms with E-state index in [2.05, 4.69) is 38.2 Å². The van der Waals surface area contributed by atoms with Gasteiger partial charge in [0.15, 0.2) is 12.1 Å². The highest BCUT2D eigenvalue weighted by Gasteiger charge is 2.31. The first-order valence-electron chi connectivity index (χ1n) is 23.4. The molecular weight excluding hydrogens is 727 g/mol. The lowest BCUT2D eigenvalue weighted by Gasteiger charge is -2.31. The molecule has 58 heavy (non-hydrogen) atoms. The summed E-state index contributed by atoms with van der Waals surface area (Å²) in [6.45, 7) is 4.55. The Morgan fingerprint density at radius 1 is 0.534 bits per heavy atom. The molecule has 8 nitrogen and oxygen atoms in total. The number of hydrogen-bond acceptors (Lipinski definition) is 6. The van der Waals surface area contributed by atoms with Gasteiger partial charge >= 0.3 is 17.9 Å². The highest BCUT2D eigenvalue weighted by Crippen LogP contribution is 2.14. The molecule has 0 fully saturated rings. The van der Waals surface area contributed by atoms with Gasteiger partial charge in [0.1, 0.15) is 6.61 Å². The Morgan fingerprint density at radius 3 is 1.50 bits per heavy atom. The molecule has 0 heterocycles. The van der Waals surface area contributed by atoms with Crippen LogP contribution in [0, 0.1) is 0 Å². The van der Waals surface area contributed by atoms with Crippen LogP contribution in [0.15, 0.2) is 60.8 Å². The van der Waals surface area contributed by atoms with E-state index in [0.29, 0.717) is 19.3 Å². The van der Waals surface area contributed by atoms with Crippen LogP contribution >= 0.6 is 0 Å². The molecule has 0 aliphatic rings. The lowest BCUT2D eigenvalue weighted by atomic mass is 10.1. The highest BCUT2D eigenvalue weighted by atomic mass is 16.6. The molecule has 0 aromatic carbocycles. The van der Waals surface area contributed by atoms with E-state index in [1.54, 1.807) is 0 Å². The molecule has 0 amide bonds. The maximum absolute atomic E-state index is 12.7. The Kier molecular flexibility index (Phi) is 38.7. The fourth-order valence-corrected chi connectivity index (χ4v) is 6.63. The minimum atomic E-state index is -0.883. The third-order valence-corrected chi connectivity index (χ3v) is 10.2. The molecule has 2 atom stereocenters. The van der Waals surface area contributed by atoms with Gasteiger partial charge in [-0.1, -0.05) is 171 Å². The van der Waals surface area contributed by atoms with E-state index in [-0.39, 0.29) is 36.2 Å². The second-order valence-corrected chi connectivity index (χ2v) is 16.7. The highest BCUT2D eigenvalue weighted by molar-refractivity contribution is 5.72. The molecule has 0 spiro atoms. The van der Waals surface area contributed by atoms with E-state index in [1.807, 2.05) is 57.6 Å². The predicted molar refractivity (Wildman–Crippen MR) is 243 cm³/mol. The monoisotopic (exact) mass is 815 g/mol. The number of allylic oxidation sites excluding steroid dienone is 10. The zero-order valence-electron chi connectivity index (χ0n) is 38.0. The maximum atomic E-state index is 12.7. The van der Waals surface area contributed by atoms with Crippen molar-refractivity contribution in [3.63, 3.8) is 0 Å². The zero-order valence-corrected chi connectivity index (χ0v) is 38.0. The molecule has 0 radical (unpaired) electrons. The maximum Gasteiger partial charge on any atom is 0.362 e. The number of esters is 2. The van der Waals surface area contributed by atoms with Crippen LogP contribution in [0.2, 0.25) is 0 Å². The molecule has 2 unspecified atom stereocenters. The Balaban J connectivity index is 4.32. The van der Waals surface area contributed by atoms with Gasteiger partial charge < -0.3 is 23.8 Å². The number of rotatable bonds is 41. The number of carboxylic acids is 1. The lowest BCUT2D eigenvalue weighted by Crippen LogP contribution is -2.50. The number of likely N-dealkylation sites (N-methyl/N-ethyl adjacent to an activating group) is 1. The molecule has 0 aliphatic carbocycles. The molecule has 0 saturated carbocycles. The minimum Gasteiger partial charge on any atom is -0.477 e. The number of aliphatic carboxylic acids is 1. The van der Waals surface area contributed by atoms with Gasteiger partial charge in [-0.15, -0.1) is 0 Å². The fourth-order valence-electron chi connectivity index (χ4n) is 6.63. The summed E-state index contributed by atoms with van der Waals surface area (Å²) >= 11 is 0. The normalized spacial score (nSPS) is 13.5. The van der Waals surface area contributed by atoms with Gasteiger partial charge in [-0.3, -0.25) is 9.59 Å². The van der Waals surface area contributed by atoms with Crippen LogP contribution in [0.1, 0.15) is 187 Å². The SMILES string of the molecule is CC/C=C/C=C/C=C/C=C/CCCCCC(=O)OCC(COCCC(C(=O)O)[N+](C)(C)C)OC(=O)CCCCCCCCC/C=C/CCCCCCCCCCCC. The summed E-state index contributed by atoms with van der Waals surface area (Å²) in [5.41, 5.74) is 0. The standard InChI is InChI=1S/C50H87NO7/c1-6-8-10-12-14-16-18-20-21-22-23-24-25-26-27-29-31-33-35-37-39-41-49(53)58-46(44-56-43-42-47(50(54)55)51(3,4)5)45-57-48(52)40-38-36-34-32-30-28-19-17-15-13-11-9-7-2/h9,11,13,15,17,19,24-25,28,30,46-47H,6-8,10,12,14,16,18,20-23,26-27,29,31-45H2,1-5H3/p+1/b11-9+,15-13+,19-17+,25-24+,30-28+. The van der Waals surface area contributed by atoms with E-state index in [9.17, 15) is 19.5 Å². The van der Waals surface area contributed by atoms with Crippen molar-refractivity contribution in [1.29, 1.82) is 0 Å². The minimum absolute atomic E-state index is 0.0447. The number of carbonyl (C=O) groups is 3. The second-order valence-electron chi connectivity index (χ2n) is 16.7. The topological polar surface area (TPSA) is 99.1 Å². The molecule has 0 aliphatic heterocycles. The van der Waals surface area contributed by atoms with Crippen LogP contribution in [0.25, 0.3) is 0 Å². The molecule has 0 aromatic heterocycles. The van der Waals surface area contributed by atoms with Crippen molar-refractivity contribution in [2.24, 2.45) is 0 Å². The van der Waals surface area contributed by atoms with Crippen molar-refractivity contribution in [2.45, 2.75) is 199 Å². The molecule has 1 N–H and O–H groups in total. The number of carbonyl (C=O) groups excluding carboxylic acids is 2. The number of ether oxygens (including phenoxy) is 3. The Bertz CT molecular complexity index is 1130. The average molecular weight is 815 g/mol. The van der Waals surface area contributed by atoms with Crippen LogP contribution in [0.5, 0.6) is 0 Å². The molecule has 0 saturated heterocycles. The van der Waals surface area contributed by atoms with E-state index >= 15 is 0 Å². The molecule has 0 aromatic rings. The van der Waals surface area contributed by atoms with Crippen LogP contribution in [0.3, 0.4) is 0 Å². The van der Waals surface area contributed by atoms with Crippen molar-refractivity contribution >= 4 is 17.9 Å². The zero-order chi connectivity index (χ0) is 42.8. The van der Waals surface area contributed by atoms with Crippen LogP contribution in [-0.4, -0.2) is 80.6 Å². The van der Waals surface area contributed by atoms with Gasteiger partial charge in [-0.2, -0.15) is 0 Å². The quantitative estimate of drug-likeness (QED) is 0.0216. The van der Waals surface area contributed by atoms with E-state index in [1.165, 1.54) is 103 Å². The van der Waals surface area contributed by atoms with Crippen LogP contribution < -0.4 is 0 Å². The lowest BCUT2D eigenvalue weighted by molar-refractivity contribution is -0.887. The van der Waals surface area contributed by atoms with Gasteiger partial charge in [-0.05, 0) is 57.8 Å². The summed E-state index contributed by atoms with van der Waals surface area (Å²) in [7, 11) is 5.51. The van der Waals surface area contributed by atoms with Gasteiger partial charge in [0.2, 0.25) is 0 Å². The molecule has 334 valence electrons. The summed E-state index contributed by atoms with van der Waals surface area (Å²) in [6, 6.07) is -0.623. The van der Waals surface area contributed by atoms with E-state index in [4.69, 9.17) is 14.2 Å². The summed E-state index contributed by atoms with van der Waals surface area (Å²) in [5.74, 6) is -1.53. The average Bonchev–Trinajstić information content (AvgIpc) is 3.18. The molecule has 0 rings (SSSR count). The number of quaternary nitrogens is 1. The number of hydrogen-bond donors (Lipinski definition) is 1. The number of nitrogens with zero attached hydrogens (tertiary/aromatic N) is 1. The Morgan fingerprint density at radius 2 is 0.983 bits per heavy atom. The Labute approximate surface area is 356 Å². The second kappa shape index (κ2) is 40.8. The third kappa shape index (κ3) is 38.5. The first kappa shape index (κ1) is 55.0. The number of carboxylic acid groups (broad SMARTS) is 1. The van der Waals surface area contributed by atoms with Crippen molar-refractivity contribution in [3.05, 3.63) is 60.8 Å². The predicted octanol–water partition coefficient (Wildman–Crippen LogP) is 13.0. The van der Waals surface area contributed by atoms with Crippen molar-refractivity contribution in [2.75, 3.05) is 41.0 Å². The summed E-state index contributed by atoms with van der Waals surface area (Å²) < 4.78 is 17.2. The first-order valence-corrected chi connectivity index (χ1v) is 23.4. The molecule has 8 heteroatoms. The van der Waals surface area contributed by atoms with Gasteiger partial charge in [-0.25, -0.2) is 4.79 Å². The molecular formula is C50H88NO7+. The van der Waals surface area contributed by atoms with Gasteiger partial charge in [0.25, 0.3) is 0 Å². The van der Waals surface area contributed by atoms with E-state index < -0.39 is 18.1 Å². The first-order chi connectivity index (χ1) is 28.1.